The summed E-state index contributed by atoms with van der Waals surface area (Å²) in [6.07, 6.45) is 0. The largest absolute Gasteiger partial charge is 0.243 e. The van der Waals surface area contributed by atoms with Crippen molar-refractivity contribution in [2.75, 3.05) is 0 Å². The van der Waals surface area contributed by atoms with Crippen LogP contribution >= 0.6 is 34.8 Å². The number of benzene rings is 2. The topological polar surface area (TPSA) is 30.7 Å². The first kappa shape index (κ1) is 13.4. The van der Waals surface area contributed by atoms with Crippen LogP contribution in [0.2, 0.25) is 15.3 Å². The van der Waals surface area contributed by atoms with Gasteiger partial charge in [0, 0.05) is 15.6 Å². The van der Waals surface area contributed by atoms with E-state index in [1.165, 1.54) is 0 Å². The third-order valence-electron chi connectivity index (χ3n) is 2.75. The fourth-order valence-electron chi connectivity index (χ4n) is 1.84. The first-order chi connectivity index (χ1) is 9.63. The molecule has 0 saturated carbocycles. The summed E-state index contributed by atoms with van der Waals surface area (Å²) in [5.74, 6) is 0.647. The minimum absolute atomic E-state index is 0.185. The van der Waals surface area contributed by atoms with Crippen molar-refractivity contribution >= 4 is 34.8 Å². The summed E-state index contributed by atoms with van der Waals surface area (Å²) in [4.78, 5) is 4.25. The molecular weight excluding hydrogens is 317 g/mol. The van der Waals surface area contributed by atoms with Gasteiger partial charge in [-0.15, -0.1) is 5.10 Å². The molecule has 0 fully saturated rings. The van der Waals surface area contributed by atoms with Gasteiger partial charge >= 0.3 is 0 Å². The maximum Gasteiger partial charge on any atom is 0.243 e. The van der Waals surface area contributed by atoms with Gasteiger partial charge in [0.15, 0.2) is 5.82 Å². The minimum Gasteiger partial charge on any atom is -0.212 e. The fraction of sp³-hybridized carbons (Fsp3) is 0. The highest BCUT2D eigenvalue weighted by atomic mass is 35.5. The molecule has 0 atom stereocenters. The molecule has 0 saturated heterocycles. The molecule has 0 radical (unpaired) electrons. The highest BCUT2D eigenvalue weighted by Crippen LogP contribution is 2.24. The molecule has 20 heavy (non-hydrogen) atoms. The number of nitrogens with zero attached hydrogens (tertiary/aromatic N) is 3. The van der Waals surface area contributed by atoms with Gasteiger partial charge in [-0.2, -0.15) is 4.98 Å². The predicted octanol–water partition coefficient (Wildman–Crippen LogP) is 4.89. The van der Waals surface area contributed by atoms with E-state index in [2.05, 4.69) is 10.1 Å². The van der Waals surface area contributed by atoms with Crippen LogP contribution < -0.4 is 0 Å². The van der Waals surface area contributed by atoms with Crippen LogP contribution in [-0.2, 0) is 0 Å². The van der Waals surface area contributed by atoms with Gasteiger partial charge in [0.25, 0.3) is 0 Å². The molecule has 1 heterocycles. The Labute approximate surface area is 130 Å². The van der Waals surface area contributed by atoms with Crippen LogP contribution in [-0.4, -0.2) is 14.8 Å². The van der Waals surface area contributed by atoms with Crippen molar-refractivity contribution < 1.29 is 0 Å². The van der Waals surface area contributed by atoms with Gasteiger partial charge in [-0.25, -0.2) is 4.68 Å². The van der Waals surface area contributed by atoms with Crippen molar-refractivity contribution in [2.24, 2.45) is 0 Å². The van der Waals surface area contributed by atoms with E-state index in [0.29, 0.717) is 15.9 Å². The minimum atomic E-state index is 0.185. The van der Waals surface area contributed by atoms with Crippen molar-refractivity contribution in [3.8, 4) is 17.1 Å². The summed E-state index contributed by atoms with van der Waals surface area (Å²) in [5.41, 5.74) is 1.71. The van der Waals surface area contributed by atoms with Crippen LogP contribution in [0.4, 0.5) is 0 Å². The smallest absolute Gasteiger partial charge is 0.212 e. The number of halogens is 3. The standard InChI is InChI=1S/C14H8Cl3N3/c15-10-3-1-9(2-4-10)13-18-14(17)19-20(13)12-7-5-11(16)6-8-12/h1-8H. The van der Waals surface area contributed by atoms with E-state index in [1.807, 2.05) is 24.3 Å². The summed E-state index contributed by atoms with van der Waals surface area (Å²) in [6, 6.07) is 14.6. The summed E-state index contributed by atoms with van der Waals surface area (Å²) < 4.78 is 1.67. The second kappa shape index (κ2) is 5.44. The van der Waals surface area contributed by atoms with Gasteiger partial charge in [-0.3, -0.25) is 0 Å². The van der Waals surface area contributed by atoms with E-state index in [4.69, 9.17) is 34.8 Å². The lowest BCUT2D eigenvalue weighted by Crippen LogP contribution is -1.99. The fourth-order valence-corrected chi connectivity index (χ4v) is 2.24. The summed E-state index contributed by atoms with van der Waals surface area (Å²) in [6.45, 7) is 0. The van der Waals surface area contributed by atoms with Crippen molar-refractivity contribution in [1.29, 1.82) is 0 Å². The lowest BCUT2D eigenvalue weighted by molar-refractivity contribution is 0.887. The Hall–Kier alpha value is -1.55. The van der Waals surface area contributed by atoms with E-state index in [9.17, 15) is 0 Å². The zero-order valence-corrected chi connectivity index (χ0v) is 12.4. The Morgan fingerprint density at radius 2 is 1.30 bits per heavy atom. The second-order valence-corrected chi connectivity index (χ2v) is 5.31. The quantitative estimate of drug-likeness (QED) is 0.671. The third-order valence-corrected chi connectivity index (χ3v) is 3.42. The first-order valence-corrected chi connectivity index (χ1v) is 6.91. The molecule has 0 aliphatic heterocycles. The first-order valence-electron chi connectivity index (χ1n) is 5.78. The maximum absolute atomic E-state index is 5.93. The molecule has 1 aromatic heterocycles. The van der Waals surface area contributed by atoms with Crippen molar-refractivity contribution in [3.05, 3.63) is 63.9 Å². The van der Waals surface area contributed by atoms with Gasteiger partial charge in [0.2, 0.25) is 5.28 Å². The summed E-state index contributed by atoms with van der Waals surface area (Å²) >= 11 is 17.7. The van der Waals surface area contributed by atoms with Crippen molar-refractivity contribution in [2.45, 2.75) is 0 Å². The molecule has 3 aromatic rings. The molecule has 0 bridgehead atoms. The molecule has 0 aliphatic carbocycles. The van der Waals surface area contributed by atoms with Crippen LogP contribution in [0, 0.1) is 0 Å². The summed E-state index contributed by atoms with van der Waals surface area (Å²) in [5, 5.41) is 5.71. The van der Waals surface area contributed by atoms with E-state index < -0.39 is 0 Å². The van der Waals surface area contributed by atoms with E-state index in [-0.39, 0.29) is 5.28 Å². The molecule has 0 N–H and O–H groups in total. The Kier molecular flexibility index (Phi) is 3.66. The second-order valence-electron chi connectivity index (χ2n) is 4.10. The zero-order chi connectivity index (χ0) is 14.1. The number of hydrogen-bond donors (Lipinski definition) is 0. The van der Waals surface area contributed by atoms with Crippen LogP contribution in [0.1, 0.15) is 0 Å². The van der Waals surface area contributed by atoms with Gasteiger partial charge in [0.05, 0.1) is 5.69 Å². The molecule has 0 amide bonds. The van der Waals surface area contributed by atoms with Crippen LogP contribution in [0.5, 0.6) is 0 Å². The van der Waals surface area contributed by atoms with Gasteiger partial charge in [0.1, 0.15) is 0 Å². The maximum atomic E-state index is 5.93. The average molecular weight is 325 g/mol. The summed E-state index contributed by atoms with van der Waals surface area (Å²) in [7, 11) is 0. The average Bonchev–Trinajstić information content (AvgIpc) is 2.82. The van der Waals surface area contributed by atoms with Crippen LogP contribution in [0.3, 0.4) is 0 Å². The number of rotatable bonds is 2. The molecule has 3 nitrogen and oxygen atoms in total. The zero-order valence-electron chi connectivity index (χ0n) is 10.1. The molecule has 6 heteroatoms. The number of hydrogen-bond acceptors (Lipinski definition) is 2. The molecule has 2 aromatic carbocycles. The Balaban J connectivity index is 2.12. The molecule has 0 aliphatic rings. The molecular formula is C14H8Cl3N3. The van der Waals surface area contributed by atoms with E-state index in [1.54, 1.807) is 28.9 Å². The predicted molar refractivity (Wildman–Crippen MR) is 81.8 cm³/mol. The lowest BCUT2D eigenvalue weighted by Gasteiger charge is -2.06. The number of aromatic nitrogens is 3. The van der Waals surface area contributed by atoms with Crippen LogP contribution in [0.25, 0.3) is 17.1 Å². The molecule has 0 unspecified atom stereocenters. The van der Waals surface area contributed by atoms with Gasteiger partial charge in [-0.05, 0) is 60.1 Å². The van der Waals surface area contributed by atoms with Gasteiger partial charge in [-0.1, -0.05) is 23.2 Å². The normalized spacial score (nSPS) is 10.8. The Morgan fingerprint density at radius 3 is 1.90 bits per heavy atom. The Morgan fingerprint density at radius 1 is 0.750 bits per heavy atom. The third kappa shape index (κ3) is 2.66. The van der Waals surface area contributed by atoms with Crippen LogP contribution in [0.15, 0.2) is 48.5 Å². The lowest BCUT2D eigenvalue weighted by atomic mass is 10.2. The monoisotopic (exact) mass is 323 g/mol. The molecule has 0 spiro atoms. The van der Waals surface area contributed by atoms with Crippen molar-refractivity contribution in [3.63, 3.8) is 0 Å². The highest BCUT2D eigenvalue weighted by molar-refractivity contribution is 6.31. The van der Waals surface area contributed by atoms with Gasteiger partial charge < -0.3 is 0 Å². The SMILES string of the molecule is Clc1ccc(-c2nc(Cl)nn2-c2ccc(Cl)cc2)cc1. The van der Waals surface area contributed by atoms with Crippen molar-refractivity contribution in [1.82, 2.24) is 14.8 Å². The van der Waals surface area contributed by atoms with E-state index in [0.717, 1.165) is 11.3 Å². The highest BCUT2D eigenvalue weighted by Gasteiger charge is 2.12. The Bertz CT molecular complexity index is 670. The molecule has 3 rings (SSSR count). The van der Waals surface area contributed by atoms with E-state index >= 15 is 0 Å². The molecule has 100 valence electrons.